The maximum atomic E-state index is 10.6. The second kappa shape index (κ2) is 7.48. The molecule has 2 aromatic heterocycles. The first-order chi connectivity index (χ1) is 11.3. The van der Waals surface area contributed by atoms with Crippen LogP contribution in [0.1, 0.15) is 42.0 Å². The van der Waals surface area contributed by atoms with E-state index in [0.717, 1.165) is 35.3 Å². The van der Waals surface area contributed by atoms with E-state index in [-0.39, 0.29) is 0 Å². The van der Waals surface area contributed by atoms with Gasteiger partial charge in [-0.3, -0.25) is 5.10 Å². The molecule has 0 aliphatic heterocycles. The minimum Gasteiger partial charge on any atom is -0.472 e. The number of aliphatic hydroxyl groups excluding tert-OH is 1. The molecule has 120 valence electrons. The highest BCUT2D eigenvalue weighted by Crippen LogP contribution is 2.26. The summed E-state index contributed by atoms with van der Waals surface area (Å²) in [6.07, 6.45) is 4.54. The summed E-state index contributed by atoms with van der Waals surface area (Å²) in [5.41, 5.74) is 3.11. The lowest BCUT2D eigenvalue weighted by atomic mass is 9.99. The van der Waals surface area contributed by atoms with Crippen molar-refractivity contribution >= 4 is 11.8 Å². The average Bonchev–Trinajstić information content (AvgIpc) is 3.25. The summed E-state index contributed by atoms with van der Waals surface area (Å²) < 4.78 is 5.04. The first kappa shape index (κ1) is 15.8. The largest absolute Gasteiger partial charge is 0.472 e. The molecule has 1 unspecified atom stereocenters. The number of rotatable bonds is 7. The van der Waals surface area contributed by atoms with Gasteiger partial charge in [0, 0.05) is 11.3 Å². The van der Waals surface area contributed by atoms with Crippen molar-refractivity contribution in [2.75, 3.05) is 0 Å². The molecule has 0 aliphatic carbocycles. The van der Waals surface area contributed by atoms with Crippen molar-refractivity contribution in [1.29, 1.82) is 0 Å². The number of thioether (sulfide) groups is 1. The first-order valence-electron chi connectivity index (χ1n) is 7.60. The number of aliphatic hydroxyl groups is 1. The maximum absolute atomic E-state index is 10.6. The SMILES string of the molecule is CCCc1ccccc1C(O)c1nc(SCc2ccoc2)n[nH]1. The summed E-state index contributed by atoms with van der Waals surface area (Å²) in [4.78, 5) is 4.40. The monoisotopic (exact) mass is 329 g/mol. The fourth-order valence-corrected chi connectivity index (χ4v) is 3.15. The molecule has 0 saturated heterocycles. The van der Waals surface area contributed by atoms with E-state index in [9.17, 15) is 5.11 Å². The molecule has 0 aliphatic rings. The Balaban J connectivity index is 1.72. The Labute approximate surface area is 139 Å². The summed E-state index contributed by atoms with van der Waals surface area (Å²) in [5, 5.41) is 18.2. The van der Waals surface area contributed by atoms with Gasteiger partial charge in [-0.05, 0) is 23.6 Å². The molecule has 1 aromatic carbocycles. The van der Waals surface area contributed by atoms with Crippen molar-refractivity contribution in [2.45, 2.75) is 36.8 Å². The molecule has 0 amide bonds. The van der Waals surface area contributed by atoms with Gasteiger partial charge < -0.3 is 9.52 Å². The molecule has 0 spiro atoms. The van der Waals surface area contributed by atoms with Gasteiger partial charge in [0.05, 0.1) is 12.5 Å². The van der Waals surface area contributed by atoms with Crippen molar-refractivity contribution in [3.63, 3.8) is 0 Å². The molecule has 3 rings (SSSR count). The highest BCUT2D eigenvalue weighted by atomic mass is 32.2. The predicted octanol–water partition coefficient (Wildman–Crippen LogP) is 3.72. The van der Waals surface area contributed by atoms with Crippen LogP contribution in [0, 0.1) is 0 Å². The fraction of sp³-hybridized carbons (Fsp3) is 0.294. The third kappa shape index (κ3) is 3.83. The summed E-state index contributed by atoms with van der Waals surface area (Å²) in [7, 11) is 0. The Morgan fingerprint density at radius 2 is 2.17 bits per heavy atom. The number of H-pyrrole nitrogens is 1. The Bertz CT molecular complexity index is 740. The van der Waals surface area contributed by atoms with E-state index >= 15 is 0 Å². The lowest BCUT2D eigenvalue weighted by molar-refractivity contribution is 0.209. The molecule has 0 bridgehead atoms. The second-order valence-corrected chi connectivity index (χ2v) is 6.22. The normalized spacial score (nSPS) is 12.4. The van der Waals surface area contributed by atoms with Crippen molar-refractivity contribution in [2.24, 2.45) is 0 Å². The molecular formula is C17H19N3O2S. The fourth-order valence-electron chi connectivity index (χ4n) is 2.41. The highest BCUT2D eigenvalue weighted by molar-refractivity contribution is 7.98. The van der Waals surface area contributed by atoms with E-state index < -0.39 is 6.10 Å². The van der Waals surface area contributed by atoms with Gasteiger partial charge >= 0.3 is 0 Å². The summed E-state index contributed by atoms with van der Waals surface area (Å²) >= 11 is 1.50. The molecule has 0 fully saturated rings. The summed E-state index contributed by atoms with van der Waals surface area (Å²) in [6, 6.07) is 9.83. The van der Waals surface area contributed by atoms with Crippen LogP contribution in [-0.4, -0.2) is 20.3 Å². The first-order valence-corrected chi connectivity index (χ1v) is 8.58. The lowest BCUT2D eigenvalue weighted by Gasteiger charge is -2.12. The zero-order valence-electron chi connectivity index (χ0n) is 12.9. The minimum absolute atomic E-state index is 0.475. The van der Waals surface area contributed by atoms with E-state index in [4.69, 9.17) is 4.42 Å². The molecule has 2 heterocycles. The van der Waals surface area contributed by atoms with Crippen LogP contribution >= 0.6 is 11.8 Å². The van der Waals surface area contributed by atoms with Gasteiger partial charge in [0.1, 0.15) is 6.10 Å². The Morgan fingerprint density at radius 1 is 1.30 bits per heavy atom. The van der Waals surface area contributed by atoms with Gasteiger partial charge in [-0.2, -0.15) is 0 Å². The van der Waals surface area contributed by atoms with Crippen LogP contribution in [0.15, 0.2) is 52.4 Å². The third-order valence-corrected chi connectivity index (χ3v) is 4.48. The van der Waals surface area contributed by atoms with E-state index in [1.807, 2.05) is 30.3 Å². The molecule has 6 heteroatoms. The number of hydrogen-bond donors (Lipinski definition) is 2. The molecule has 0 radical (unpaired) electrons. The van der Waals surface area contributed by atoms with Crippen LogP contribution in [0.3, 0.4) is 0 Å². The van der Waals surface area contributed by atoms with Crippen molar-refractivity contribution in [1.82, 2.24) is 15.2 Å². The topological polar surface area (TPSA) is 74.9 Å². The van der Waals surface area contributed by atoms with Gasteiger partial charge in [-0.15, -0.1) is 5.10 Å². The highest BCUT2D eigenvalue weighted by Gasteiger charge is 2.18. The zero-order valence-corrected chi connectivity index (χ0v) is 13.7. The zero-order chi connectivity index (χ0) is 16.1. The van der Waals surface area contributed by atoms with Crippen LogP contribution in [0.4, 0.5) is 0 Å². The van der Waals surface area contributed by atoms with E-state index in [0.29, 0.717) is 11.0 Å². The number of aryl methyl sites for hydroxylation is 1. The van der Waals surface area contributed by atoms with Gasteiger partial charge in [-0.25, -0.2) is 4.98 Å². The summed E-state index contributed by atoms with van der Waals surface area (Å²) in [5.74, 6) is 1.21. The van der Waals surface area contributed by atoms with Crippen LogP contribution in [0.2, 0.25) is 0 Å². The summed E-state index contributed by atoms with van der Waals surface area (Å²) in [6.45, 7) is 2.13. The standard InChI is InChI=1S/C17H19N3O2S/c1-2-5-13-6-3-4-7-14(13)15(21)16-18-17(20-19-16)23-11-12-8-9-22-10-12/h3-4,6-10,15,21H,2,5,11H2,1H3,(H,18,19,20). The molecule has 0 saturated carbocycles. The van der Waals surface area contributed by atoms with Crippen LogP contribution in [0.5, 0.6) is 0 Å². The molecule has 3 aromatic rings. The van der Waals surface area contributed by atoms with Crippen molar-refractivity contribution in [3.8, 4) is 0 Å². The number of furan rings is 1. The smallest absolute Gasteiger partial charge is 0.208 e. The van der Waals surface area contributed by atoms with E-state index in [2.05, 4.69) is 22.1 Å². The Morgan fingerprint density at radius 3 is 2.96 bits per heavy atom. The van der Waals surface area contributed by atoms with E-state index in [1.54, 1.807) is 12.5 Å². The van der Waals surface area contributed by atoms with Crippen molar-refractivity contribution < 1.29 is 9.52 Å². The van der Waals surface area contributed by atoms with E-state index in [1.165, 1.54) is 11.8 Å². The van der Waals surface area contributed by atoms with Gasteiger partial charge in [0.15, 0.2) is 5.82 Å². The number of aromatic amines is 1. The molecule has 5 nitrogen and oxygen atoms in total. The number of nitrogens with zero attached hydrogens (tertiary/aromatic N) is 2. The Kier molecular flexibility index (Phi) is 5.15. The average molecular weight is 329 g/mol. The minimum atomic E-state index is -0.784. The quantitative estimate of drug-likeness (QED) is 0.646. The molecule has 2 N–H and O–H groups in total. The molecule has 23 heavy (non-hydrogen) atoms. The van der Waals surface area contributed by atoms with Crippen LogP contribution < -0.4 is 0 Å². The van der Waals surface area contributed by atoms with Crippen molar-refractivity contribution in [3.05, 3.63) is 65.4 Å². The van der Waals surface area contributed by atoms with Gasteiger partial charge in [-0.1, -0.05) is 49.4 Å². The van der Waals surface area contributed by atoms with Crippen LogP contribution in [0.25, 0.3) is 0 Å². The third-order valence-electron chi connectivity index (χ3n) is 3.56. The predicted molar refractivity (Wildman–Crippen MR) is 89.2 cm³/mol. The molecule has 1 atom stereocenters. The lowest BCUT2D eigenvalue weighted by Crippen LogP contribution is -2.05. The maximum Gasteiger partial charge on any atom is 0.208 e. The van der Waals surface area contributed by atoms with Crippen LogP contribution in [-0.2, 0) is 12.2 Å². The molecular weight excluding hydrogens is 310 g/mol. The number of nitrogens with one attached hydrogen (secondary N) is 1. The van der Waals surface area contributed by atoms with Gasteiger partial charge in [0.25, 0.3) is 0 Å². The number of benzene rings is 1. The second-order valence-electron chi connectivity index (χ2n) is 5.27. The number of hydrogen-bond acceptors (Lipinski definition) is 5. The Hall–Kier alpha value is -2.05. The number of aromatic nitrogens is 3. The van der Waals surface area contributed by atoms with Gasteiger partial charge in [0.2, 0.25) is 5.16 Å².